The Hall–Kier alpha value is -3.09. The molecule has 1 heterocycles. The lowest BCUT2D eigenvalue weighted by Gasteiger charge is -2.34. The Kier molecular flexibility index (Phi) is 6.01. The maximum absolute atomic E-state index is 12.7. The fourth-order valence-electron chi connectivity index (χ4n) is 3.02. The lowest BCUT2D eigenvalue weighted by molar-refractivity contribution is -0.394. The van der Waals surface area contributed by atoms with Crippen molar-refractivity contribution in [1.29, 1.82) is 0 Å². The first-order valence-electron chi connectivity index (χ1n) is 8.58. The van der Waals surface area contributed by atoms with Crippen molar-refractivity contribution in [1.82, 2.24) is 9.21 Å². The number of rotatable bonds is 5. The van der Waals surface area contributed by atoms with Gasteiger partial charge in [0.15, 0.2) is 0 Å². The summed E-state index contributed by atoms with van der Waals surface area (Å²) in [4.78, 5) is 34.4. The van der Waals surface area contributed by atoms with Crippen LogP contribution in [0.3, 0.4) is 0 Å². The number of nitro benzene ring substituents is 2. The Bertz CT molecular complexity index is 1100. The van der Waals surface area contributed by atoms with E-state index in [-0.39, 0.29) is 41.7 Å². The minimum absolute atomic E-state index is 0.00237. The SMILES string of the molecule is O=C(c1cc([N+](=O)[O-])cc([N+](=O)[O-])c1)N1CCN(S(=O)(=O)c2cccc(Cl)c2)CC1. The number of carbonyl (C=O) groups is 1. The Morgan fingerprint density at radius 1 is 0.933 bits per heavy atom. The Balaban J connectivity index is 1.77. The van der Waals surface area contributed by atoms with Crippen molar-refractivity contribution in [2.45, 2.75) is 4.90 Å². The fraction of sp³-hybridized carbons (Fsp3) is 0.235. The van der Waals surface area contributed by atoms with Crippen molar-refractivity contribution < 1.29 is 23.1 Å². The number of amides is 1. The molecule has 0 bridgehead atoms. The van der Waals surface area contributed by atoms with Crippen LogP contribution in [0.1, 0.15) is 10.4 Å². The second kappa shape index (κ2) is 8.34. The predicted molar refractivity (Wildman–Crippen MR) is 106 cm³/mol. The molecule has 1 saturated heterocycles. The third-order valence-corrected chi connectivity index (χ3v) is 6.66. The third kappa shape index (κ3) is 4.40. The topological polar surface area (TPSA) is 144 Å². The summed E-state index contributed by atoms with van der Waals surface area (Å²) < 4.78 is 26.7. The zero-order valence-electron chi connectivity index (χ0n) is 15.3. The summed E-state index contributed by atoms with van der Waals surface area (Å²) in [5.41, 5.74) is -1.36. The number of carbonyl (C=O) groups excluding carboxylic acids is 1. The van der Waals surface area contributed by atoms with Crippen molar-refractivity contribution in [3.8, 4) is 0 Å². The molecule has 0 radical (unpaired) electrons. The zero-order valence-corrected chi connectivity index (χ0v) is 16.9. The van der Waals surface area contributed by atoms with E-state index in [4.69, 9.17) is 11.6 Å². The lowest BCUT2D eigenvalue weighted by atomic mass is 10.1. The number of hydrogen-bond acceptors (Lipinski definition) is 7. The molecule has 0 spiro atoms. The zero-order chi connectivity index (χ0) is 22.1. The van der Waals surface area contributed by atoms with Gasteiger partial charge >= 0.3 is 0 Å². The van der Waals surface area contributed by atoms with Gasteiger partial charge < -0.3 is 4.90 Å². The number of nitrogens with zero attached hydrogens (tertiary/aromatic N) is 4. The average Bonchev–Trinajstić information content (AvgIpc) is 2.72. The molecule has 0 N–H and O–H groups in total. The first kappa shape index (κ1) is 21.6. The molecule has 0 unspecified atom stereocenters. The first-order valence-corrected chi connectivity index (χ1v) is 10.4. The fourth-order valence-corrected chi connectivity index (χ4v) is 4.74. The normalized spacial score (nSPS) is 15.0. The number of nitro groups is 2. The molecule has 158 valence electrons. The molecule has 1 fully saturated rings. The van der Waals surface area contributed by atoms with Crippen molar-refractivity contribution in [3.63, 3.8) is 0 Å². The number of hydrogen-bond donors (Lipinski definition) is 0. The maximum Gasteiger partial charge on any atom is 0.277 e. The molecule has 0 saturated carbocycles. The average molecular weight is 455 g/mol. The smallest absolute Gasteiger partial charge is 0.277 e. The Morgan fingerprint density at radius 3 is 2.00 bits per heavy atom. The van der Waals surface area contributed by atoms with Gasteiger partial charge in [-0.3, -0.25) is 25.0 Å². The lowest BCUT2D eigenvalue weighted by Crippen LogP contribution is -2.50. The van der Waals surface area contributed by atoms with Crippen LogP contribution in [-0.4, -0.2) is 59.6 Å². The van der Waals surface area contributed by atoms with Crippen LogP contribution < -0.4 is 0 Å². The van der Waals surface area contributed by atoms with Crippen molar-refractivity contribution in [3.05, 3.63) is 73.3 Å². The number of piperazine rings is 1. The van der Waals surface area contributed by atoms with Gasteiger partial charge in [-0.15, -0.1) is 0 Å². The highest BCUT2D eigenvalue weighted by molar-refractivity contribution is 7.89. The largest absolute Gasteiger partial charge is 0.336 e. The molecule has 1 aliphatic rings. The highest BCUT2D eigenvalue weighted by Crippen LogP contribution is 2.25. The van der Waals surface area contributed by atoms with Gasteiger partial charge in [0.2, 0.25) is 10.0 Å². The van der Waals surface area contributed by atoms with Crippen LogP contribution in [0.4, 0.5) is 11.4 Å². The van der Waals surface area contributed by atoms with Crippen LogP contribution in [0.5, 0.6) is 0 Å². The molecule has 0 aromatic heterocycles. The summed E-state index contributed by atoms with van der Waals surface area (Å²) in [6.45, 7) is 0.0411. The number of sulfonamides is 1. The van der Waals surface area contributed by atoms with Crippen LogP contribution >= 0.6 is 11.6 Å². The predicted octanol–water partition coefficient (Wildman–Crippen LogP) is 2.30. The second-order valence-electron chi connectivity index (χ2n) is 6.41. The molecule has 2 aromatic carbocycles. The van der Waals surface area contributed by atoms with E-state index < -0.39 is 37.2 Å². The summed E-state index contributed by atoms with van der Waals surface area (Å²) in [5.74, 6) is -0.651. The van der Waals surface area contributed by atoms with E-state index in [2.05, 4.69) is 0 Å². The maximum atomic E-state index is 12.7. The van der Waals surface area contributed by atoms with Gasteiger partial charge in [0.25, 0.3) is 17.3 Å². The molecule has 1 aliphatic heterocycles. The van der Waals surface area contributed by atoms with Crippen LogP contribution in [0.15, 0.2) is 47.4 Å². The summed E-state index contributed by atoms with van der Waals surface area (Å²) in [7, 11) is -3.80. The number of benzene rings is 2. The van der Waals surface area contributed by atoms with Crippen LogP contribution in [0.2, 0.25) is 5.02 Å². The van der Waals surface area contributed by atoms with Gasteiger partial charge in [0.1, 0.15) is 0 Å². The van der Waals surface area contributed by atoms with Crippen LogP contribution in [0, 0.1) is 20.2 Å². The van der Waals surface area contributed by atoms with Crippen LogP contribution in [0.25, 0.3) is 0 Å². The molecule has 0 aliphatic carbocycles. The first-order chi connectivity index (χ1) is 14.1. The van der Waals surface area contributed by atoms with E-state index in [1.165, 1.54) is 27.4 Å². The van der Waals surface area contributed by atoms with E-state index in [0.717, 1.165) is 18.2 Å². The molecular weight excluding hydrogens is 440 g/mol. The Labute approximate surface area is 175 Å². The second-order valence-corrected chi connectivity index (χ2v) is 8.78. The van der Waals surface area contributed by atoms with Gasteiger partial charge in [-0.25, -0.2) is 8.42 Å². The van der Waals surface area contributed by atoms with Gasteiger partial charge in [0, 0.05) is 43.3 Å². The molecule has 2 aromatic rings. The molecule has 13 heteroatoms. The minimum Gasteiger partial charge on any atom is -0.336 e. The van der Waals surface area contributed by atoms with Crippen molar-refractivity contribution >= 4 is 38.9 Å². The van der Waals surface area contributed by atoms with E-state index in [1.807, 2.05) is 0 Å². The van der Waals surface area contributed by atoms with E-state index in [1.54, 1.807) is 6.07 Å². The molecular formula is C17H15ClN4O7S. The molecule has 30 heavy (non-hydrogen) atoms. The summed E-state index contributed by atoms with van der Waals surface area (Å²) in [6, 6.07) is 8.51. The van der Waals surface area contributed by atoms with Gasteiger partial charge in [0.05, 0.1) is 26.4 Å². The molecule has 11 nitrogen and oxygen atoms in total. The quantitative estimate of drug-likeness (QED) is 0.497. The monoisotopic (exact) mass is 454 g/mol. The van der Waals surface area contributed by atoms with Gasteiger partial charge in [-0.2, -0.15) is 4.31 Å². The molecule has 0 atom stereocenters. The number of non-ortho nitro benzene ring substituents is 2. The minimum atomic E-state index is -3.80. The number of halogens is 1. The van der Waals surface area contributed by atoms with E-state index in [9.17, 15) is 33.4 Å². The van der Waals surface area contributed by atoms with Crippen molar-refractivity contribution in [2.24, 2.45) is 0 Å². The molecule has 3 rings (SSSR count). The highest BCUT2D eigenvalue weighted by Gasteiger charge is 2.31. The molecule has 1 amide bonds. The Morgan fingerprint density at radius 2 is 1.50 bits per heavy atom. The standard InChI is InChI=1S/C17H15ClN4O7S/c18-13-2-1-3-16(10-13)30(28,29)20-6-4-19(5-7-20)17(23)12-8-14(21(24)25)11-15(9-12)22(26)27/h1-3,8-11H,4-7H2. The third-order valence-electron chi connectivity index (χ3n) is 4.53. The summed E-state index contributed by atoms with van der Waals surface area (Å²) in [5, 5.41) is 22.3. The highest BCUT2D eigenvalue weighted by atomic mass is 35.5. The summed E-state index contributed by atoms with van der Waals surface area (Å²) >= 11 is 5.86. The van der Waals surface area contributed by atoms with E-state index >= 15 is 0 Å². The van der Waals surface area contributed by atoms with Crippen molar-refractivity contribution in [2.75, 3.05) is 26.2 Å². The van der Waals surface area contributed by atoms with Gasteiger partial charge in [-0.1, -0.05) is 17.7 Å². The van der Waals surface area contributed by atoms with Gasteiger partial charge in [-0.05, 0) is 18.2 Å². The van der Waals surface area contributed by atoms with E-state index in [0.29, 0.717) is 0 Å². The summed E-state index contributed by atoms with van der Waals surface area (Å²) in [6.07, 6.45) is 0. The van der Waals surface area contributed by atoms with Crippen LogP contribution in [-0.2, 0) is 10.0 Å².